The second kappa shape index (κ2) is 8.81. The normalized spacial score (nSPS) is 10.8. The number of benzene rings is 2. The molecule has 0 unspecified atom stereocenters. The van der Waals surface area contributed by atoms with E-state index in [1.807, 2.05) is 68.4 Å². The molecule has 0 atom stereocenters. The third-order valence-corrected chi connectivity index (χ3v) is 4.32. The van der Waals surface area contributed by atoms with Crippen molar-refractivity contribution < 1.29 is 9.59 Å². The van der Waals surface area contributed by atoms with Gasteiger partial charge in [-0.15, -0.1) is 0 Å². The number of nitrogens with zero attached hydrogens (tertiary/aromatic N) is 2. The van der Waals surface area contributed by atoms with Crippen LogP contribution in [0.2, 0.25) is 0 Å². The van der Waals surface area contributed by atoms with Crippen molar-refractivity contribution in [3.05, 3.63) is 94.8 Å². The predicted octanol–water partition coefficient (Wildman–Crippen LogP) is 3.18. The lowest BCUT2D eigenvalue weighted by molar-refractivity contribution is -0.120. The maximum atomic E-state index is 12.4. The van der Waals surface area contributed by atoms with Crippen LogP contribution in [0.5, 0.6) is 0 Å². The number of rotatable bonds is 6. The Balaban J connectivity index is 1.63. The van der Waals surface area contributed by atoms with Crippen molar-refractivity contribution in [3.63, 3.8) is 0 Å². The number of aromatic nitrogens is 1. The van der Waals surface area contributed by atoms with Gasteiger partial charge in [0.2, 0.25) is 5.91 Å². The van der Waals surface area contributed by atoms with Crippen LogP contribution in [0.3, 0.4) is 0 Å². The second-order valence-corrected chi connectivity index (χ2v) is 6.42. The first-order valence-electron chi connectivity index (χ1n) is 8.96. The zero-order valence-corrected chi connectivity index (χ0v) is 15.8. The van der Waals surface area contributed by atoms with Crippen LogP contribution in [0.25, 0.3) is 0 Å². The van der Waals surface area contributed by atoms with Crippen molar-refractivity contribution in [2.75, 3.05) is 5.43 Å². The standard InChI is InChI=1S/C22H22N4O2/c1-16-13-20(15-23-24-21(27)14-18-9-5-3-6-10-18)17(2)26(16)25-22(28)19-11-7-4-8-12-19/h3-13,15H,14H2,1-2H3,(H,24,27)(H,25,28)/b23-15-. The van der Waals surface area contributed by atoms with Crippen LogP contribution in [-0.2, 0) is 11.2 Å². The van der Waals surface area contributed by atoms with Gasteiger partial charge in [-0.05, 0) is 37.6 Å². The molecule has 2 N–H and O–H groups in total. The minimum Gasteiger partial charge on any atom is -0.273 e. The number of nitrogens with one attached hydrogen (secondary N) is 2. The van der Waals surface area contributed by atoms with E-state index < -0.39 is 0 Å². The molecule has 0 saturated carbocycles. The number of amides is 2. The van der Waals surface area contributed by atoms with Gasteiger partial charge in [-0.2, -0.15) is 5.10 Å². The summed E-state index contributed by atoms with van der Waals surface area (Å²) in [7, 11) is 0. The maximum absolute atomic E-state index is 12.4. The highest BCUT2D eigenvalue weighted by molar-refractivity contribution is 6.00. The van der Waals surface area contributed by atoms with Gasteiger partial charge in [-0.1, -0.05) is 48.5 Å². The summed E-state index contributed by atoms with van der Waals surface area (Å²) >= 11 is 0. The van der Waals surface area contributed by atoms with Crippen LogP contribution in [0.1, 0.15) is 32.9 Å². The Morgan fingerprint density at radius 2 is 1.64 bits per heavy atom. The van der Waals surface area contributed by atoms with Crippen LogP contribution in [0, 0.1) is 13.8 Å². The molecule has 142 valence electrons. The predicted molar refractivity (Wildman–Crippen MR) is 110 cm³/mol. The molecule has 3 aromatic rings. The molecule has 0 saturated heterocycles. The first-order valence-corrected chi connectivity index (χ1v) is 8.96. The average molecular weight is 374 g/mol. The molecule has 0 bridgehead atoms. The number of hydrazone groups is 1. The molecule has 0 spiro atoms. The topological polar surface area (TPSA) is 75.5 Å². The van der Waals surface area contributed by atoms with E-state index in [0.29, 0.717) is 5.56 Å². The fourth-order valence-electron chi connectivity index (χ4n) is 2.84. The molecule has 0 aliphatic rings. The van der Waals surface area contributed by atoms with E-state index in [9.17, 15) is 9.59 Å². The van der Waals surface area contributed by atoms with Gasteiger partial charge in [0, 0.05) is 22.5 Å². The molecule has 28 heavy (non-hydrogen) atoms. The van der Waals surface area contributed by atoms with Crippen molar-refractivity contribution in [1.82, 2.24) is 10.1 Å². The number of carbonyl (C=O) groups is 2. The molecule has 0 fully saturated rings. The number of hydrogen-bond acceptors (Lipinski definition) is 3. The fraction of sp³-hybridized carbons (Fsp3) is 0.136. The number of aryl methyl sites for hydroxylation is 1. The molecule has 1 heterocycles. The van der Waals surface area contributed by atoms with Gasteiger partial charge < -0.3 is 0 Å². The monoisotopic (exact) mass is 374 g/mol. The van der Waals surface area contributed by atoms with Gasteiger partial charge >= 0.3 is 0 Å². The molecule has 3 rings (SSSR count). The average Bonchev–Trinajstić information content (AvgIpc) is 2.97. The molecular formula is C22H22N4O2. The zero-order valence-electron chi connectivity index (χ0n) is 15.8. The fourth-order valence-corrected chi connectivity index (χ4v) is 2.84. The molecular weight excluding hydrogens is 352 g/mol. The molecule has 0 radical (unpaired) electrons. The minimum atomic E-state index is -0.193. The molecule has 6 nitrogen and oxygen atoms in total. The summed E-state index contributed by atoms with van der Waals surface area (Å²) in [5, 5.41) is 4.04. The van der Waals surface area contributed by atoms with Crippen molar-refractivity contribution in [1.29, 1.82) is 0 Å². The molecule has 2 amide bonds. The molecule has 2 aromatic carbocycles. The SMILES string of the molecule is Cc1cc(/C=N\NC(=O)Cc2ccccc2)c(C)n1NC(=O)c1ccccc1. The van der Waals surface area contributed by atoms with E-state index in [1.54, 1.807) is 23.0 Å². The van der Waals surface area contributed by atoms with Crippen molar-refractivity contribution in [2.24, 2.45) is 5.10 Å². The second-order valence-electron chi connectivity index (χ2n) is 6.42. The Hall–Kier alpha value is -3.67. The quantitative estimate of drug-likeness (QED) is 0.514. The summed E-state index contributed by atoms with van der Waals surface area (Å²) in [5.74, 6) is -0.379. The summed E-state index contributed by atoms with van der Waals surface area (Å²) in [5.41, 5.74) is 9.41. The van der Waals surface area contributed by atoms with Gasteiger partial charge in [-0.3, -0.25) is 19.7 Å². The summed E-state index contributed by atoms with van der Waals surface area (Å²) in [4.78, 5) is 24.4. The highest BCUT2D eigenvalue weighted by Gasteiger charge is 2.11. The van der Waals surface area contributed by atoms with Gasteiger partial charge in [-0.25, -0.2) is 5.43 Å². The Morgan fingerprint density at radius 3 is 2.32 bits per heavy atom. The Bertz CT molecular complexity index is 992. The summed E-state index contributed by atoms with van der Waals surface area (Å²) in [6, 6.07) is 20.4. The van der Waals surface area contributed by atoms with Crippen LogP contribution < -0.4 is 10.9 Å². The van der Waals surface area contributed by atoms with E-state index in [0.717, 1.165) is 22.5 Å². The lowest BCUT2D eigenvalue weighted by Crippen LogP contribution is -2.24. The van der Waals surface area contributed by atoms with Crippen LogP contribution in [0.4, 0.5) is 0 Å². The largest absolute Gasteiger partial charge is 0.273 e. The maximum Gasteiger partial charge on any atom is 0.270 e. The van der Waals surface area contributed by atoms with E-state index in [2.05, 4.69) is 16.0 Å². The molecule has 1 aromatic heterocycles. The third-order valence-electron chi connectivity index (χ3n) is 4.32. The van der Waals surface area contributed by atoms with E-state index >= 15 is 0 Å². The van der Waals surface area contributed by atoms with Crippen molar-refractivity contribution >= 4 is 18.0 Å². The molecule has 0 aliphatic heterocycles. The van der Waals surface area contributed by atoms with Crippen LogP contribution >= 0.6 is 0 Å². The van der Waals surface area contributed by atoms with E-state index in [4.69, 9.17) is 0 Å². The smallest absolute Gasteiger partial charge is 0.270 e. The van der Waals surface area contributed by atoms with Gasteiger partial charge in [0.25, 0.3) is 5.91 Å². The lowest BCUT2D eigenvalue weighted by Gasteiger charge is -2.11. The summed E-state index contributed by atoms with van der Waals surface area (Å²) in [6.45, 7) is 3.77. The Kier molecular flexibility index (Phi) is 6.01. The van der Waals surface area contributed by atoms with Crippen LogP contribution in [-0.4, -0.2) is 22.7 Å². The van der Waals surface area contributed by atoms with Gasteiger partial charge in [0.1, 0.15) is 0 Å². The van der Waals surface area contributed by atoms with E-state index in [1.165, 1.54) is 0 Å². The molecule has 6 heteroatoms. The minimum absolute atomic E-state index is 0.186. The van der Waals surface area contributed by atoms with E-state index in [-0.39, 0.29) is 18.2 Å². The highest BCUT2D eigenvalue weighted by Crippen LogP contribution is 2.12. The lowest BCUT2D eigenvalue weighted by atomic mass is 10.1. The third kappa shape index (κ3) is 4.73. The zero-order chi connectivity index (χ0) is 19.9. The first kappa shape index (κ1) is 19.1. The highest BCUT2D eigenvalue weighted by atomic mass is 16.2. The Labute approximate surface area is 163 Å². The first-order chi connectivity index (χ1) is 13.5. The number of hydrogen-bond donors (Lipinski definition) is 2. The van der Waals surface area contributed by atoms with Gasteiger partial charge in [0.05, 0.1) is 12.6 Å². The van der Waals surface area contributed by atoms with Gasteiger partial charge in [0.15, 0.2) is 0 Å². The van der Waals surface area contributed by atoms with Crippen molar-refractivity contribution in [2.45, 2.75) is 20.3 Å². The number of carbonyl (C=O) groups excluding carboxylic acids is 2. The summed E-state index contributed by atoms with van der Waals surface area (Å²) in [6.07, 6.45) is 1.85. The van der Waals surface area contributed by atoms with Crippen LogP contribution in [0.15, 0.2) is 71.8 Å². The van der Waals surface area contributed by atoms with Crippen molar-refractivity contribution in [3.8, 4) is 0 Å². The summed E-state index contributed by atoms with van der Waals surface area (Å²) < 4.78 is 1.71. The Morgan fingerprint density at radius 1 is 1.00 bits per heavy atom. The molecule has 0 aliphatic carbocycles.